The van der Waals surface area contributed by atoms with Crippen molar-refractivity contribution in [2.45, 2.75) is 77.9 Å². The lowest BCUT2D eigenvalue weighted by atomic mass is 10.0. The van der Waals surface area contributed by atoms with Crippen LogP contribution in [0.2, 0.25) is 0 Å². The van der Waals surface area contributed by atoms with Crippen molar-refractivity contribution in [3.63, 3.8) is 0 Å². The molecule has 178 valence electrons. The van der Waals surface area contributed by atoms with E-state index in [0.717, 1.165) is 51.5 Å². The van der Waals surface area contributed by atoms with Gasteiger partial charge in [0.15, 0.2) is 5.96 Å². The largest absolute Gasteiger partial charge is 0.444 e. The maximum Gasteiger partial charge on any atom is 0.410 e. The molecule has 1 saturated carbocycles. The molecule has 2 saturated heterocycles. The fraction of sp³-hybridized carbons (Fsp3) is 0.917. The van der Waals surface area contributed by atoms with Crippen molar-refractivity contribution >= 4 is 12.1 Å². The average molecular weight is 436 g/mol. The summed E-state index contributed by atoms with van der Waals surface area (Å²) in [7, 11) is 1.87. The van der Waals surface area contributed by atoms with Gasteiger partial charge in [-0.2, -0.15) is 0 Å². The molecule has 3 aliphatic rings. The number of nitrogens with one attached hydrogen (secondary N) is 1. The van der Waals surface area contributed by atoms with Crippen LogP contribution in [0.25, 0.3) is 0 Å². The highest BCUT2D eigenvalue weighted by atomic mass is 16.6. The highest BCUT2D eigenvalue weighted by Crippen LogP contribution is 2.32. The molecule has 2 heterocycles. The van der Waals surface area contributed by atoms with E-state index in [9.17, 15) is 4.79 Å². The lowest BCUT2D eigenvalue weighted by Gasteiger charge is -2.40. The summed E-state index contributed by atoms with van der Waals surface area (Å²) >= 11 is 0. The molecule has 1 atom stereocenters. The lowest BCUT2D eigenvalue weighted by molar-refractivity contribution is 0.00927. The summed E-state index contributed by atoms with van der Waals surface area (Å²) in [5, 5.41) is 3.60. The Bertz CT molecular complexity index is 600. The first-order valence-corrected chi connectivity index (χ1v) is 12.4. The van der Waals surface area contributed by atoms with Crippen LogP contribution < -0.4 is 5.32 Å². The zero-order valence-corrected chi connectivity index (χ0v) is 20.5. The standard InChI is InChI=1S/C24H45N5O2/c1-19(17-27-12-6-7-13-27)16-26-22(25-5)28-14-10-21(11-15-28)29(18-20-8-9-20)23(30)31-24(2,3)4/h19-21H,6-18H2,1-5H3,(H,25,26). The summed E-state index contributed by atoms with van der Waals surface area (Å²) in [5.74, 6) is 2.27. The molecule has 0 spiro atoms. The van der Waals surface area contributed by atoms with Crippen molar-refractivity contribution in [1.82, 2.24) is 20.0 Å². The zero-order valence-electron chi connectivity index (χ0n) is 20.5. The van der Waals surface area contributed by atoms with Crippen molar-refractivity contribution < 1.29 is 9.53 Å². The van der Waals surface area contributed by atoms with Crippen LogP contribution >= 0.6 is 0 Å². The van der Waals surface area contributed by atoms with Crippen LogP contribution in [-0.2, 0) is 4.74 Å². The predicted octanol–water partition coefficient (Wildman–Crippen LogP) is 3.41. The van der Waals surface area contributed by atoms with Crippen LogP contribution in [0.3, 0.4) is 0 Å². The highest BCUT2D eigenvalue weighted by Gasteiger charge is 2.35. The van der Waals surface area contributed by atoms with E-state index in [0.29, 0.717) is 11.8 Å². The maximum absolute atomic E-state index is 12.9. The number of piperidine rings is 1. The number of guanidine groups is 1. The average Bonchev–Trinajstić information content (AvgIpc) is 3.39. The van der Waals surface area contributed by atoms with Gasteiger partial charge in [0.05, 0.1) is 0 Å². The Kier molecular flexibility index (Phi) is 8.48. The van der Waals surface area contributed by atoms with E-state index in [1.165, 1.54) is 38.8 Å². The Morgan fingerprint density at radius 1 is 1.13 bits per heavy atom. The molecule has 3 rings (SSSR count). The van der Waals surface area contributed by atoms with Crippen LogP contribution in [0.15, 0.2) is 4.99 Å². The van der Waals surface area contributed by atoms with Gasteiger partial charge in [-0.05, 0) is 84.2 Å². The topological polar surface area (TPSA) is 60.4 Å². The van der Waals surface area contributed by atoms with Gasteiger partial charge in [0.25, 0.3) is 0 Å². The number of carbonyl (C=O) groups is 1. The molecule has 7 heteroatoms. The number of hydrogen-bond donors (Lipinski definition) is 1. The van der Waals surface area contributed by atoms with Gasteiger partial charge in [-0.1, -0.05) is 6.92 Å². The molecule has 31 heavy (non-hydrogen) atoms. The van der Waals surface area contributed by atoms with E-state index in [1.54, 1.807) is 0 Å². The Morgan fingerprint density at radius 3 is 2.32 bits per heavy atom. The van der Waals surface area contributed by atoms with Gasteiger partial charge in [-0.3, -0.25) is 4.99 Å². The SMILES string of the molecule is CN=C(NCC(C)CN1CCCC1)N1CCC(N(CC2CC2)C(=O)OC(C)(C)C)CC1. The zero-order chi connectivity index (χ0) is 22.4. The van der Waals surface area contributed by atoms with Crippen molar-refractivity contribution in [1.29, 1.82) is 0 Å². The van der Waals surface area contributed by atoms with E-state index in [1.807, 2.05) is 32.7 Å². The van der Waals surface area contributed by atoms with E-state index < -0.39 is 5.60 Å². The third-order valence-electron chi connectivity index (χ3n) is 6.57. The van der Waals surface area contributed by atoms with Crippen LogP contribution in [0.4, 0.5) is 4.79 Å². The summed E-state index contributed by atoms with van der Waals surface area (Å²) in [4.78, 5) is 24.4. The fourth-order valence-corrected chi connectivity index (χ4v) is 4.73. The van der Waals surface area contributed by atoms with Crippen LogP contribution in [0.1, 0.15) is 66.2 Å². The molecule has 3 fully saturated rings. The van der Waals surface area contributed by atoms with E-state index in [2.05, 4.69) is 27.0 Å². The summed E-state index contributed by atoms with van der Waals surface area (Å²) < 4.78 is 5.73. The van der Waals surface area contributed by atoms with Gasteiger partial charge in [0.1, 0.15) is 5.60 Å². The minimum Gasteiger partial charge on any atom is -0.444 e. The summed E-state index contributed by atoms with van der Waals surface area (Å²) in [6.07, 6.45) is 6.96. The first kappa shape index (κ1) is 24.1. The second-order valence-corrected chi connectivity index (χ2v) is 10.8. The van der Waals surface area contributed by atoms with Crippen molar-refractivity contribution in [3.05, 3.63) is 0 Å². The minimum atomic E-state index is -0.447. The third kappa shape index (κ3) is 7.85. The number of hydrogen-bond acceptors (Lipinski definition) is 4. The first-order valence-electron chi connectivity index (χ1n) is 12.4. The van der Waals surface area contributed by atoms with Gasteiger partial charge >= 0.3 is 6.09 Å². The second kappa shape index (κ2) is 10.9. The smallest absolute Gasteiger partial charge is 0.410 e. The van der Waals surface area contributed by atoms with Gasteiger partial charge in [-0.15, -0.1) is 0 Å². The predicted molar refractivity (Wildman–Crippen MR) is 126 cm³/mol. The number of likely N-dealkylation sites (tertiary alicyclic amines) is 2. The van der Waals surface area contributed by atoms with Gasteiger partial charge in [0.2, 0.25) is 0 Å². The van der Waals surface area contributed by atoms with Crippen molar-refractivity contribution in [2.75, 3.05) is 52.9 Å². The monoisotopic (exact) mass is 435 g/mol. The molecule has 1 unspecified atom stereocenters. The summed E-state index contributed by atoms with van der Waals surface area (Å²) in [6.45, 7) is 15.5. The molecular formula is C24H45N5O2. The fourth-order valence-electron chi connectivity index (χ4n) is 4.73. The molecule has 0 aromatic heterocycles. The third-order valence-corrected chi connectivity index (χ3v) is 6.57. The van der Waals surface area contributed by atoms with E-state index in [-0.39, 0.29) is 12.1 Å². The number of carbonyl (C=O) groups excluding carboxylic acids is 1. The van der Waals surface area contributed by atoms with Crippen LogP contribution in [0, 0.1) is 11.8 Å². The maximum atomic E-state index is 12.9. The molecule has 2 aliphatic heterocycles. The van der Waals surface area contributed by atoms with Crippen LogP contribution in [-0.4, -0.2) is 91.3 Å². The minimum absolute atomic E-state index is 0.143. The second-order valence-electron chi connectivity index (χ2n) is 10.8. The molecule has 0 aromatic carbocycles. The Balaban J connectivity index is 1.47. The van der Waals surface area contributed by atoms with Crippen molar-refractivity contribution in [3.8, 4) is 0 Å². The molecule has 0 bridgehead atoms. The summed E-state index contributed by atoms with van der Waals surface area (Å²) in [5.41, 5.74) is -0.447. The Labute approximate surface area is 189 Å². The molecule has 7 nitrogen and oxygen atoms in total. The van der Waals surface area contributed by atoms with Crippen molar-refractivity contribution in [2.24, 2.45) is 16.8 Å². The Morgan fingerprint density at radius 2 is 1.77 bits per heavy atom. The normalized spacial score (nSPS) is 22.5. The number of aliphatic imine (C=N–C) groups is 1. The molecule has 1 amide bonds. The number of amides is 1. The molecule has 0 radical (unpaired) electrons. The Hall–Kier alpha value is -1.50. The lowest BCUT2D eigenvalue weighted by Crippen LogP contribution is -2.53. The molecule has 1 aliphatic carbocycles. The van der Waals surface area contributed by atoms with E-state index in [4.69, 9.17) is 4.74 Å². The van der Waals surface area contributed by atoms with Gasteiger partial charge in [0, 0.05) is 45.8 Å². The first-order chi connectivity index (χ1) is 14.7. The molecule has 1 N–H and O–H groups in total. The molecular weight excluding hydrogens is 390 g/mol. The number of ether oxygens (including phenoxy) is 1. The summed E-state index contributed by atoms with van der Waals surface area (Å²) in [6, 6.07) is 0.263. The van der Waals surface area contributed by atoms with Crippen LogP contribution in [0.5, 0.6) is 0 Å². The van der Waals surface area contributed by atoms with Gasteiger partial charge < -0.3 is 24.8 Å². The molecule has 0 aromatic rings. The van der Waals surface area contributed by atoms with E-state index >= 15 is 0 Å². The van der Waals surface area contributed by atoms with Gasteiger partial charge in [-0.25, -0.2) is 4.79 Å². The quantitative estimate of drug-likeness (QED) is 0.491. The number of nitrogens with zero attached hydrogens (tertiary/aromatic N) is 4. The number of rotatable bonds is 7. The highest BCUT2D eigenvalue weighted by molar-refractivity contribution is 5.80.